The predicted octanol–water partition coefficient (Wildman–Crippen LogP) is 4.46. The number of nitrogens with zero attached hydrogens (tertiary/aromatic N) is 1. The van der Waals surface area contributed by atoms with Crippen molar-refractivity contribution in [3.63, 3.8) is 0 Å². The molecule has 0 amide bonds. The number of rotatable bonds is 2. The minimum Gasteiger partial charge on any atom is -0.261 e. The molecule has 23 heavy (non-hydrogen) atoms. The van der Waals surface area contributed by atoms with Crippen LogP contribution in [0.1, 0.15) is 11.1 Å². The van der Waals surface area contributed by atoms with Gasteiger partial charge in [-0.05, 0) is 31.2 Å². The van der Waals surface area contributed by atoms with E-state index in [1.807, 2.05) is 6.92 Å². The standard InChI is InChI=1S/C16H12ClF2NO2S/c1-10-2-5-12(6-3-10)23(21,22)20-9-14(16(18)19)13-7-4-11(17)8-15(13)20/h2-8H,9H2,1H3. The van der Waals surface area contributed by atoms with Gasteiger partial charge in [0.1, 0.15) is 0 Å². The van der Waals surface area contributed by atoms with Gasteiger partial charge < -0.3 is 0 Å². The second kappa shape index (κ2) is 5.62. The van der Waals surface area contributed by atoms with Gasteiger partial charge in [0.25, 0.3) is 16.1 Å². The van der Waals surface area contributed by atoms with Gasteiger partial charge in [-0.1, -0.05) is 35.4 Å². The highest BCUT2D eigenvalue weighted by molar-refractivity contribution is 7.92. The average Bonchev–Trinajstić information content (AvgIpc) is 2.87. The Bertz CT molecular complexity index is 904. The number of hydrogen-bond donors (Lipinski definition) is 0. The molecule has 0 saturated carbocycles. The van der Waals surface area contributed by atoms with E-state index in [4.69, 9.17) is 11.6 Å². The van der Waals surface area contributed by atoms with Crippen molar-refractivity contribution in [2.24, 2.45) is 0 Å². The Morgan fingerprint density at radius 3 is 2.39 bits per heavy atom. The van der Waals surface area contributed by atoms with E-state index in [0.717, 1.165) is 9.87 Å². The first-order valence-corrected chi connectivity index (χ1v) is 8.56. The molecule has 0 bridgehead atoms. The summed E-state index contributed by atoms with van der Waals surface area (Å²) in [4.78, 5) is 0.0505. The fourth-order valence-corrected chi connectivity index (χ4v) is 4.10. The van der Waals surface area contributed by atoms with Crippen LogP contribution in [0.25, 0.3) is 5.57 Å². The number of hydrogen-bond acceptors (Lipinski definition) is 2. The maximum atomic E-state index is 13.2. The number of anilines is 1. The van der Waals surface area contributed by atoms with Gasteiger partial charge in [0.2, 0.25) is 0 Å². The highest BCUT2D eigenvalue weighted by atomic mass is 35.5. The largest absolute Gasteiger partial charge is 0.275 e. The molecule has 0 aliphatic carbocycles. The summed E-state index contributed by atoms with van der Waals surface area (Å²) in [6.45, 7) is 1.43. The third-order valence-corrected chi connectivity index (χ3v) is 5.70. The number of sulfonamides is 1. The summed E-state index contributed by atoms with van der Waals surface area (Å²) in [7, 11) is -3.94. The minimum atomic E-state index is -3.94. The van der Waals surface area contributed by atoms with Crippen LogP contribution < -0.4 is 4.31 Å². The third-order valence-electron chi connectivity index (χ3n) is 3.69. The zero-order valence-electron chi connectivity index (χ0n) is 12.1. The van der Waals surface area contributed by atoms with E-state index >= 15 is 0 Å². The van der Waals surface area contributed by atoms with Crippen LogP contribution in [0.4, 0.5) is 14.5 Å². The Balaban J connectivity index is 2.16. The maximum absolute atomic E-state index is 13.2. The quantitative estimate of drug-likeness (QED) is 0.797. The van der Waals surface area contributed by atoms with Gasteiger partial charge in [0.05, 0.1) is 17.1 Å². The smallest absolute Gasteiger partial charge is 0.261 e. The Morgan fingerprint density at radius 1 is 1.13 bits per heavy atom. The SMILES string of the molecule is Cc1ccc(S(=O)(=O)N2CC(=C(F)F)c3ccc(Cl)cc32)cc1. The molecular weight excluding hydrogens is 344 g/mol. The van der Waals surface area contributed by atoms with Crippen molar-refractivity contribution in [3.05, 3.63) is 64.7 Å². The van der Waals surface area contributed by atoms with Crippen molar-refractivity contribution < 1.29 is 17.2 Å². The van der Waals surface area contributed by atoms with Crippen molar-refractivity contribution >= 4 is 32.9 Å². The van der Waals surface area contributed by atoms with E-state index in [2.05, 4.69) is 0 Å². The van der Waals surface area contributed by atoms with Gasteiger partial charge in [0.15, 0.2) is 0 Å². The van der Waals surface area contributed by atoms with Gasteiger partial charge in [-0.3, -0.25) is 4.31 Å². The average molecular weight is 356 g/mol. The van der Waals surface area contributed by atoms with Crippen LogP contribution in [0.5, 0.6) is 0 Å². The molecule has 1 aliphatic rings. The first-order chi connectivity index (χ1) is 10.8. The van der Waals surface area contributed by atoms with Crippen LogP contribution in [-0.4, -0.2) is 15.0 Å². The van der Waals surface area contributed by atoms with Gasteiger partial charge in [-0.2, -0.15) is 8.78 Å². The Labute approximate surface area is 137 Å². The summed E-state index contributed by atoms with van der Waals surface area (Å²) in [5.41, 5.74) is 0.961. The molecule has 2 aromatic carbocycles. The van der Waals surface area contributed by atoms with Gasteiger partial charge in [-0.15, -0.1) is 0 Å². The maximum Gasteiger partial charge on any atom is 0.275 e. The molecule has 0 radical (unpaired) electrons. The molecule has 0 saturated heterocycles. The molecule has 2 aromatic rings. The Hall–Kier alpha value is -1.92. The molecule has 0 spiro atoms. The van der Waals surface area contributed by atoms with Crippen molar-refractivity contribution in [2.45, 2.75) is 11.8 Å². The normalized spacial score (nSPS) is 14.1. The molecule has 0 atom stereocenters. The topological polar surface area (TPSA) is 37.4 Å². The zero-order valence-corrected chi connectivity index (χ0v) is 13.6. The van der Waals surface area contributed by atoms with E-state index in [1.165, 1.54) is 30.3 Å². The molecule has 0 fully saturated rings. The van der Waals surface area contributed by atoms with Crippen molar-refractivity contribution in [1.82, 2.24) is 0 Å². The first kappa shape index (κ1) is 16.0. The van der Waals surface area contributed by atoms with Crippen LogP contribution in [0.15, 0.2) is 53.4 Å². The molecular formula is C16H12ClF2NO2S. The molecule has 0 aromatic heterocycles. The number of fused-ring (bicyclic) bond motifs is 1. The Morgan fingerprint density at radius 2 is 1.78 bits per heavy atom. The summed E-state index contributed by atoms with van der Waals surface area (Å²) >= 11 is 5.91. The van der Waals surface area contributed by atoms with Crippen LogP contribution >= 0.6 is 11.6 Å². The van der Waals surface area contributed by atoms with Crippen LogP contribution in [-0.2, 0) is 10.0 Å². The minimum absolute atomic E-state index is 0.0505. The van der Waals surface area contributed by atoms with Gasteiger partial charge in [0, 0.05) is 16.2 Å². The molecule has 7 heteroatoms. The number of aryl methyl sites for hydroxylation is 1. The highest BCUT2D eigenvalue weighted by Crippen LogP contribution is 2.42. The van der Waals surface area contributed by atoms with E-state index < -0.39 is 22.6 Å². The summed E-state index contributed by atoms with van der Waals surface area (Å²) in [5, 5.41) is 0.286. The number of halogens is 3. The molecule has 0 N–H and O–H groups in total. The van der Waals surface area contributed by atoms with Crippen LogP contribution in [0.2, 0.25) is 5.02 Å². The second-order valence-electron chi connectivity index (χ2n) is 5.23. The molecule has 1 heterocycles. The van der Waals surface area contributed by atoms with E-state index in [9.17, 15) is 17.2 Å². The summed E-state index contributed by atoms with van der Waals surface area (Å²) in [6, 6.07) is 10.5. The van der Waals surface area contributed by atoms with Crippen molar-refractivity contribution in [1.29, 1.82) is 0 Å². The first-order valence-electron chi connectivity index (χ1n) is 6.74. The third kappa shape index (κ3) is 2.72. The van der Waals surface area contributed by atoms with Gasteiger partial charge >= 0.3 is 0 Å². The van der Waals surface area contributed by atoms with Crippen LogP contribution in [0.3, 0.4) is 0 Å². The lowest BCUT2D eigenvalue weighted by molar-refractivity contribution is 0.425. The second-order valence-corrected chi connectivity index (χ2v) is 7.52. The predicted molar refractivity (Wildman–Crippen MR) is 86.3 cm³/mol. The molecule has 120 valence electrons. The summed E-state index contributed by atoms with van der Waals surface area (Å²) < 4.78 is 52.9. The summed E-state index contributed by atoms with van der Waals surface area (Å²) in [5.74, 6) is 0. The van der Waals surface area contributed by atoms with Crippen molar-refractivity contribution in [3.8, 4) is 0 Å². The lowest BCUT2D eigenvalue weighted by Gasteiger charge is -2.19. The number of benzene rings is 2. The monoisotopic (exact) mass is 355 g/mol. The highest BCUT2D eigenvalue weighted by Gasteiger charge is 2.35. The molecule has 0 unspecified atom stereocenters. The lowest BCUT2D eigenvalue weighted by Crippen LogP contribution is -2.29. The van der Waals surface area contributed by atoms with Crippen molar-refractivity contribution in [2.75, 3.05) is 10.8 Å². The molecule has 3 rings (SSSR count). The van der Waals surface area contributed by atoms with Gasteiger partial charge in [-0.25, -0.2) is 8.42 Å². The fraction of sp³-hybridized carbons (Fsp3) is 0.125. The Kier molecular flexibility index (Phi) is 3.90. The lowest BCUT2D eigenvalue weighted by atomic mass is 10.1. The molecule has 3 nitrogen and oxygen atoms in total. The van der Waals surface area contributed by atoms with E-state index in [1.54, 1.807) is 12.1 Å². The fourth-order valence-electron chi connectivity index (χ4n) is 2.49. The van der Waals surface area contributed by atoms with E-state index in [0.29, 0.717) is 0 Å². The van der Waals surface area contributed by atoms with Crippen LogP contribution in [0, 0.1) is 6.92 Å². The molecule has 1 aliphatic heterocycles. The summed E-state index contributed by atoms with van der Waals surface area (Å²) in [6.07, 6.45) is -1.89. The zero-order chi connectivity index (χ0) is 16.8. The van der Waals surface area contributed by atoms with E-state index in [-0.39, 0.29) is 26.7 Å².